The number of carbonyl (C=O) groups excluding carboxylic acids is 3. The van der Waals surface area contributed by atoms with E-state index in [9.17, 15) is 14.4 Å². The van der Waals surface area contributed by atoms with Gasteiger partial charge in [-0.05, 0) is 35.9 Å². The summed E-state index contributed by atoms with van der Waals surface area (Å²) in [5.41, 5.74) is 7.23. The van der Waals surface area contributed by atoms with Crippen molar-refractivity contribution in [2.45, 2.75) is 12.6 Å². The Morgan fingerprint density at radius 1 is 1.27 bits per heavy atom. The molecule has 2 aromatic heterocycles. The number of benzene rings is 1. The van der Waals surface area contributed by atoms with Gasteiger partial charge in [-0.25, -0.2) is 14.8 Å². The summed E-state index contributed by atoms with van der Waals surface area (Å²) in [6, 6.07) is 8.02. The molecule has 1 unspecified atom stereocenters. The van der Waals surface area contributed by atoms with E-state index in [2.05, 4.69) is 9.97 Å². The minimum atomic E-state index is -0.921. The van der Waals surface area contributed by atoms with Crippen molar-refractivity contribution >= 4 is 63.5 Å². The number of esters is 1. The van der Waals surface area contributed by atoms with Crippen molar-refractivity contribution < 1.29 is 19.1 Å². The lowest BCUT2D eigenvalue weighted by Crippen LogP contribution is -2.61. The fourth-order valence-corrected chi connectivity index (χ4v) is 4.61. The van der Waals surface area contributed by atoms with Crippen LogP contribution in [0.3, 0.4) is 0 Å². The Hall–Kier alpha value is -3.50. The lowest BCUT2D eigenvalue weighted by Gasteiger charge is -2.38. The van der Waals surface area contributed by atoms with Gasteiger partial charge in [-0.3, -0.25) is 9.59 Å². The molecule has 1 fully saturated rings. The van der Waals surface area contributed by atoms with Gasteiger partial charge in [0.1, 0.15) is 18.2 Å². The Morgan fingerprint density at radius 3 is 2.82 bits per heavy atom. The van der Waals surface area contributed by atoms with E-state index in [1.165, 1.54) is 34.6 Å². The minimum Gasteiger partial charge on any atom is -0.467 e. The van der Waals surface area contributed by atoms with Crippen LogP contribution in [0.5, 0.6) is 0 Å². The van der Waals surface area contributed by atoms with Gasteiger partial charge in [-0.1, -0.05) is 23.7 Å². The van der Waals surface area contributed by atoms with Crippen molar-refractivity contribution in [1.82, 2.24) is 19.8 Å². The number of anilines is 1. The van der Waals surface area contributed by atoms with Crippen LogP contribution in [-0.4, -0.2) is 63.8 Å². The van der Waals surface area contributed by atoms with Gasteiger partial charge < -0.3 is 20.3 Å². The summed E-state index contributed by atoms with van der Waals surface area (Å²) >= 11 is 7.31. The van der Waals surface area contributed by atoms with Crippen LogP contribution < -0.4 is 5.73 Å². The molecular formula is C22H20ClN5O4S. The number of nitrogens with zero attached hydrogens (tertiary/aromatic N) is 4. The third-order valence-electron chi connectivity index (χ3n) is 5.26. The summed E-state index contributed by atoms with van der Waals surface area (Å²) in [6.07, 6.45) is 4.86. The first-order valence-electron chi connectivity index (χ1n) is 9.96. The van der Waals surface area contributed by atoms with Gasteiger partial charge in [0, 0.05) is 23.4 Å². The van der Waals surface area contributed by atoms with E-state index in [0.717, 1.165) is 10.4 Å². The number of ether oxygens (including phenoxy) is 1. The van der Waals surface area contributed by atoms with Gasteiger partial charge in [-0.2, -0.15) is 0 Å². The minimum absolute atomic E-state index is 0.0138. The van der Waals surface area contributed by atoms with Crippen molar-refractivity contribution in [2.75, 3.05) is 25.9 Å². The molecule has 2 amide bonds. The molecule has 0 bridgehead atoms. The van der Waals surface area contributed by atoms with Gasteiger partial charge in [0.05, 0.1) is 23.5 Å². The van der Waals surface area contributed by atoms with E-state index in [-0.39, 0.29) is 19.6 Å². The highest BCUT2D eigenvalue weighted by atomic mass is 35.5. The number of fused-ring (bicyclic) bond motifs is 1. The smallest absolute Gasteiger partial charge is 0.330 e. The number of rotatable bonds is 6. The molecule has 1 saturated heterocycles. The van der Waals surface area contributed by atoms with Crippen molar-refractivity contribution in [3.8, 4) is 0 Å². The highest BCUT2D eigenvalue weighted by Crippen LogP contribution is 2.23. The Bertz CT molecular complexity index is 1260. The fraction of sp³-hybridized carbons (Fsp3) is 0.227. The Labute approximate surface area is 198 Å². The van der Waals surface area contributed by atoms with Gasteiger partial charge in [0.2, 0.25) is 0 Å². The normalized spacial score (nSPS) is 16.7. The SMILES string of the molecule is COC(=O)C1CN(Cc2ccc3c(N)ncnc3c2)C(=O)C(=O)N1C/C=C/c1ccc(Cl)s1. The zero-order valence-corrected chi connectivity index (χ0v) is 19.2. The molecule has 0 saturated carbocycles. The number of amides is 2. The molecule has 1 aromatic carbocycles. The maximum absolute atomic E-state index is 12.9. The lowest BCUT2D eigenvalue weighted by molar-refractivity contribution is -0.166. The van der Waals surface area contributed by atoms with Crippen LogP contribution in [-0.2, 0) is 25.7 Å². The summed E-state index contributed by atoms with van der Waals surface area (Å²) in [4.78, 5) is 49.8. The van der Waals surface area contributed by atoms with Crippen LogP contribution in [0.25, 0.3) is 17.0 Å². The second-order valence-corrected chi connectivity index (χ2v) is 9.08. The molecule has 3 aromatic rings. The number of methoxy groups -OCH3 is 1. The molecule has 0 radical (unpaired) electrons. The molecule has 33 heavy (non-hydrogen) atoms. The summed E-state index contributed by atoms with van der Waals surface area (Å²) < 4.78 is 5.54. The largest absolute Gasteiger partial charge is 0.467 e. The molecule has 0 spiro atoms. The van der Waals surface area contributed by atoms with Crippen LogP contribution in [0.4, 0.5) is 5.82 Å². The topological polar surface area (TPSA) is 119 Å². The van der Waals surface area contributed by atoms with Crippen molar-refractivity contribution in [1.29, 1.82) is 0 Å². The molecule has 1 aliphatic heterocycles. The third kappa shape index (κ3) is 4.81. The predicted octanol–water partition coefficient (Wildman–Crippen LogP) is 2.35. The van der Waals surface area contributed by atoms with E-state index in [4.69, 9.17) is 22.1 Å². The van der Waals surface area contributed by atoms with Crippen molar-refractivity contribution in [3.05, 3.63) is 57.5 Å². The zero-order valence-electron chi connectivity index (χ0n) is 17.6. The first kappa shape index (κ1) is 22.7. The number of hydrogen-bond acceptors (Lipinski definition) is 8. The molecule has 9 nitrogen and oxygen atoms in total. The third-order valence-corrected chi connectivity index (χ3v) is 6.45. The number of piperazine rings is 1. The zero-order chi connectivity index (χ0) is 23.5. The van der Waals surface area contributed by atoms with Gasteiger partial charge in [-0.15, -0.1) is 11.3 Å². The number of aromatic nitrogens is 2. The standard InChI is InChI=1S/C22H20ClN5O4S/c1-32-22(31)17-11-27(10-13-4-6-15-16(9-13)25-12-26-19(15)24)20(29)21(30)28(17)8-2-3-14-5-7-18(23)33-14/h2-7,9,12,17H,8,10-11H2,1H3,(H2,24,25,26)/b3-2+. The average Bonchev–Trinajstić information content (AvgIpc) is 3.22. The first-order valence-corrected chi connectivity index (χ1v) is 11.2. The average molecular weight is 486 g/mol. The summed E-state index contributed by atoms with van der Waals surface area (Å²) in [6.45, 7) is 0.231. The second kappa shape index (κ2) is 9.55. The number of carbonyl (C=O) groups is 3. The quantitative estimate of drug-likeness (QED) is 0.420. The van der Waals surface area contributed by atoms with E-state index in [0.29, 0.717) is 21.1 Å². The molecule has 11 heteroatoms. The number of halogens is 1. The summed E-state index contributed by atoms with van der Waals surface area (Å²) in [5, 5.41) is 0.694. The number of thiophene rings is 1. The predicted molar refractivity (Wildman–Crippen MR) is 125 cm³/mol. The molecule has 1 aliphatic rings. The Balaban J connectivity index is 1.53. The molecule has 1 atom stereocenters. The molecule has 2 N–H and O–H groups in total. The Kier molecular flexibility index (Phi) is 6.57. The van der Waals surface area contributed by atoms with Gasteiger partial charge in [0.25, 0.3) is 0 Å². The van der Waals surface area contributed by atoms with E-state index in [1.54, 1.807) is 36.4 Å². The van der Waals surface area contributed by atoms with Crippen molar-refractivity contribution in [2.24, 2.45) is 0 Å². The van der Waals surface area contributed by atoms with Crippen LogP contribution in [0.2, 0.25) is 4.34 Å². The second-order valence-electron chi connectivity index (χ2n) is 7.34. The summed E-state index contributed by atoms with van der Waals surface area (Å²) in [5.74, 6) is -1.69. The maximum Gasteiger partial charge on any atom is 0.330 e. The highest BCUT2D eigenvalue weighted by Gasteiger charge is 2.42. The number of hydrogen-bond donors (Lipinski definition) is 1. The summed E-state index contributed by atoms with van der Waals surface area (Å²) in [7, 11) is 1.25. The van der Waals surface area contributed by atoms with Gasteiger partial charge >= 0.3 is 17.8 Å². The maximum atomic E-state index is 12.9. The number of nitrogens with two attached hydrogens (primary N) is 1. The van der Waals surface area contributed by atoms with Gasteiger partial charge in [0.15, 0.2) is 0 Å². The van der Waals surface area contributed by atoms with Crippen LogP contribution in [0, 0.1) is 0 Å². The molecule has 4 rings (SSSR count). The monoisotopic (exact) mass is 485 g/mol. The van der Waals surface area contributed by atoms with Crippen LogP contribution in [0.1, 0.15) is 10.4 Å². The van der Waals surface area contributed by atoms with Crippen LogP contribution in [0.15, 0.2) is 42.7 Å². The molecule has 0 aliphatic carbocycles. The molecule has 3 heterocycles. The first-order chi connectivity index (χ1) is 15.9. The van der Waals surface area contributed by atoms with E-state index >= 15 is 0 Å². The molecular weight excluding hydrogens is 466 g/mol. The van der Waals surface area contributed by atoms with E-state index < -0.39 is 23.8 Å². The van der Waals surface area contributed by atoms with E-state index in [1.807, 2.05) is 6.07 Å². The van der Waals surface area contributed by atoms with Crippen molar-refractivity contribution in [3.63, 3.8) is 0 Å². The van der Waals surface area contributed by atoms with Crippen LogP contribution >= 0.6 is 22.9 Å². The Morgan fingerprint density at radius 2 is 2.09 bits per heavy atom. The lowest BCUT2D eigenvalue weighted by atomic mass is 10.1. The fourth-order valence-electron chi connectivity index (χ4n) is 3.62. The molecule has 170 valence electrons. The number of nitrogen functional groups attached to an aromatic ring is 1. The highest BCUT2D eigenvalue weighted by molar-refractivity contribution is 7.16.